The van der Waals surface area contributed by atoms with E-state index < -0.39 is 0 Å². The lowest BCUT2D eigenvalue weighted by Crippen LogP contribution is -2.52. The van der Waals surface area contributed by atoms with Crippen LogP contribution < -0.4 is 4.74 Å². The number of halogens is 1. The van der Waals surface area contributed by atoms with Crippen LogP contribution in [0.1, 0.15) is 34.9 Å². The molecule has 0 aromatic heterocycles. The van der Waals surface area contributed by atoms with E-state index in [4.69, 9.17) is 4.74 Å². The van der Waals surface area contributed by atoms with Crippen LogP contribution in [-0.2, 0) is 0 Å². The number of hydrogen-bond donors (Lipinski definition) is 0. The van der Waals surface area contributed by atoms with Crippen molar-refractivity contribution in [3.63, 3.8) is 0 Å². The first-order valence-electron chi connectivity index (χ1n) is 8.97. The van der Waals surface area contributed by atoms with Crippen LogP contribution in [0.3, 0.4) is 0 Å². The van der Waals surface area contributed by atoms with Gasteiger partial charge in [-0.15, -0.1) is 0 Å². The second-order valence-electron chi connectivity index (χ2n) is 7.21. The molecule has 0 bridgehead atoms. The third-order valence-electron chi connectivity index (χ3n) is 5.91. The van der Waals surface area contributed by atoms with E-state index >= 15 is 0 Å². The summed E-state index contributed by atoms with van der Waals surface area (Å²) in [7, 11) is 0. The van der Waals surface area contributed by atoms with Crippen molar-refractivity contribution in [3.8, 4) is 5.75 Å². The van der Waals surface area contributed by atoms with Gasteiger partial charge in [-0.3, -0.25) is 0 Å². The van der Waals surface area contributed by atoms with E-state index in [0.717, 1.165) is 22.2 Å². The maximum absolute atomic E-state index is 6.58. The van der Waals surface area contributed by atoms with Gasteiger partial charge in [-0.05, 0) is 47.2 Å². The zero-order valence-electron chi connectivity index (χ0n) is 14.4. The van der Waals surface area contributed by atoms with Gasteiger partial charge < -0.3 is 4.74 Å². The molecule has 0 radical (unpaired) electrons. The summed E-state index contributed by atoms with van der Waals surface area (Å²) in [4.78, 5) is 0. The minimum Gasteiger partial charge on any atom is -0.482 e. The molecule has 2 heteroatoms. The predicted molar refractivity (Wildman–Crippen MR) is 110 cm³/mol. The molecule has 128 valence electrons. The fourth-order valence-electron chi connectivity index (χ4n) is 4.61. The van der Waals surface area contributed by atoms with Crippen molar-refractivity contribution in [2.75, 3.05) is 0 Å². The van der Waals surface area contributed by atoms with Gasteiger partial charge in [0.15, 0.2) is 0 Å². The van der Waals surface area contributed by atoms with Crippen LogP contribution in [0.4, 0.5) is 0 Å². The number of rotatable bonds is 3. The van der Waals surface area contributed by atoms with Crippen molar-refractivity contribution >= 4 is 21.5 Å². The molecule has 26 heavy (non-hydrogen) atoms. The summed E-state index contributed by atoms with van der Waals surface area (Å²) in [5, 5.41) is 0. The Kier molecular flexibility index (Phi) is 3.58. The first kappa shape index (κ1) is 15.9. The fourth-order valence-corrected chi connectivity index (χ4v) is 4.88. The summed E-state index contributed by atoms with van der Waals surface area (Å²) in [6.45, 7) is 4.47. The Balaban J connectivity index is 1.59. The highest BCUT2D eigenvalue weighted by Gasteiger charge is 2.62. The van der Waals surface area contributed by atoms with Gasteiger partial charge in [-0.2, -0.15) is 0 Å². The van der Waals surface area contributed by atoms with E-state index in [-0.39, 0.29) is 5.60 Å². The lowest BCUT2D eigenvalue weighted by molar-refractivity contribution is 0.0330. The van der Waals surface area contributed by atoms with Gasteiger partial charge in [0.1, 0.15) is 11.4 Å². The molecule has 0 N–H and O–H groups in total. The van der Waals surface area contributed by atoms with Gasteiger partial charge in [0.05, 0.1) is 0 Å². The highest BCUT2D eigenvalue weighted by atomic mass is 79.9. The summed E-state index contributed by atoms with van der Waals surface area (Å²) in [6.07, 6.45) is 0.960. The van der Waals surface area contributed by atoms with Gasteiger partial charge >= 0.3 is 0 Å². The highest BCUT2D eigenvalue weighted by molar-refractivity contribution is 9.10. The molecule has 0 spiro atoms. The van der Waals surface area contributed by atoms with Gasteiger partial charge in [-0.25, -0.2) is 0 Å². The molecular formula is C24H19BrO. The lowest BCUT2D eigenvalue weighted by Gasteiger charge is -2.51. The standard InChI is InChI=1S/C24H19BrO/c1-16(17-7-3-2-4-8-17)24-15-21(18-11-13-19(25)14-12-18)23(24)20-9-5-6-10-22(20)26-24/h2-14,21,23H,1,15H2/t21-,23-,24-/m1/s1. The summed E-state index contributed by atoms with van der Waals surface area (Å²) in [6, 6.07) is 27.6. The molecule has 1 saturated carbocycles. The first-order valence-corrected chi connectivity index (χ1v) is 9.76. The van der Waals surface area contributed by atoms with Crippen molar-refractivity contribution < 1.29 is 4.74 Å². The van der Waals surface area contributed by atoms with Crippen LogP contribution in [0.2, 0.25) is 0 Å². The quantitative estimate of drug-likeness (QED) is 0.481. The van der Waals surface area contributed by atoms with Crippen LogP contribution in [0.25, 0.3) is 5.57 Å². The first-order chi connectivity index (χ1) is 12.7. The molecule has 1 heterocycles. The molecule has 3 atom stereocenters. The molecule has 1 aliphatic carbocycles. The molecular weight excluding hydrogens is 384 g/mol. The van der Waals surface area contributed by atoms with Crippen LogP contribution in [0, 0.1) is 0 Å². The molecule has 0 unspecified atom stereocenters. The monoisotopic (exact) mass is 402 g/mol. The van der Waals surface area contributed by atoms with E-state index in [1.54, 1.807) is 0 Å². The molecule has 3 aromatic carbocycles. The van der Waals surface area contributed by atoms with Crippen molar-refractivity contribution in [2.24, 2.45) is 0 Å². The van der Waals surface area contributed by atoms with E-state index in [9.17, 15) is 0 Å². The highest BCUT2D eigenvalue weighted by Crippen LogP contribution is 2.67. The summed E-state index contributed by atoms with van der Waals surface area (Å²) >= 11 is 3.54. The van der Waals surface area contributed by atoms with E-state index in [1.807, 2.05) is 6.07 Å². The zero-order valence-corrected chi connectivity index (χ0v) is 15.9. The molecule has 1 nitrogen and oxygen atoms in total. The molecule has 3 aromatic rings. The van der Waals surface area contributed by atoms with Gasteiger partial charge in [0.2, 0.25) is 0 Å². The zero-order chi connectivity index (χ0) is 17.7. The molecule has 0 saturated heterocycles. The maximum atomic E-state index is 6.58. The number of benzene rings is 3. The smallest absolute Gasteiger partial charge is 0.142 e. The van der Waals surface area contributed by atoms with Gasteiger partial charge in [0.25, 0.3) is 0 Å². The van der Waals surface area contributed by atoms with Crippen LogP contribution >= 0.6 is 15.9 Å². The topological polar surface area (TPSA) is 9.23 Å². The Morgan fingerprint density at radius 1 is 0.923 bits per heavy atom. The minimum atomic E-state index is -0.331. The SMILES string of the molecule is C=C(c1ccccc1)[C@]12C[C@H](c3ccc(Br)cc3)[C@H]1c1ccccc1O2. The third-order valence-corrected chi connectivity index (χ3v) is 6.43. The van der Waals surface area contributed by atoms with E-state index in [0.29, 0.717) is 11.8 Å². The van der Waals surface area contributed by atoms with Crippen LogP contribution in [0.5, 0.6) is 5.75 Å². The Bertz CT molecular complexity index is 977. The fraction of sp³-hybridized carbons (Fsp3) is 0.167. The largest absolute Gasteiger partial charge is 0.482 e. The Hall–Kier alpha value is -2.32. The average molecular weight is 403 g/mol. The van der Waals surface area contributed by atoms with Gasteiger partial charge in [0, 0.05) is 16.0 Å². The Labute approximate surface area is 162 Å². The number of fused-ring (bicyclic) bond motifs is 3. The summed E-state index contributed by atoms with van der Waals surface area (Å²) in [5.41, 5.74) is 4.61. The Morgan fingerprint density at radius 2 is 1.62 bits per heavy atom. The number of para-hydroxylation sites is 1. The minimum absolute atomic E-state index is 0.313. The number of hydrogen-bond acceptors (Lipinski definition) is 1. The molecule has 1 fully saturated rings. The van der Waals surface area contributed by atoms with Crippen LogP contribution in [-0.4, -0.2) is 5.60 Å². The van der Waals surface area contributed by atoms with E-state index in [2.05, 4.69) is 95.3 Å². The second kappa shape index (κ2) is 5.85. The van der Waals surface area contributed by atoms with Crippen molar-refractivity contribution in [2.45, 2.75) is 23.9 Å². The second-order valence-corrected chi connectivity index (χ2v) is 8.13. The Morgan fingerprint density at radius 3 is 2.38 bits per heavy atom. The van der Waals surface area contributed by atoms with Crippen molar-refractivity contribution in [1.82, 2.24) is 0 Å². The third kappa shape index (κ3) is 2.22. The summed E-state index contributed by atoms with van der Waals surface area (Å²) in [5.74, 6) is 1.77. The number of ether oxygens (including phenoxy) is 1. The average Bonchev–Trinajstić information content (AvgIpc) is 2.92. The molecule has 2 aliphatic rings. The normalized spacial score (nSPS) is 25.6. The van der Waals surface area contributed by atoms with Crippen LogP contribution in [0.15, 0.2) is 89.9 Å². The predicted octanol–water partition coefficient (Wildman–Crippen LogP) is 6.56. The lowest BCUT2D eigenvalue weighted by atomic mass is 9.54. The van der Waals surface area contributed by atoms with Gasteiger partial charge in [-0.1, -0.05) is 83.2 Å². The molecule has 1 aliphatic heterocycles. The molecule has 0 amide bonds. The van der Waals surface area contributed by atoms with Crippen molar-refractivity contribution in [3.05, 3.63) is 107 Å². The molecule has 5 rings (SSSR count). The van der Waals surface area contributed by atoms with Crippen molar-refractivity contribution in [1.29, 1.82) is 0 Å². The maximum Gasteiger partial charge on any atom is 0.142 e. The summed E-state index contributed by atoms with van der Waals surface area (Å²) < 4.78 is 7.69. The van der Waals surface area contributed by atoms with E-state index in [1.165, 1.54) is 16.7 Å².